The molecule has 4 aliphatic carbocycles. The van der Waals surface area contributed by atoms with Crippen LogP contribution in [0.1, 0.15) is 57.8 Å². The minimum atomic E-state index is -0.197. The van der Waals surface area contributed by atoms with Crippen LogP contribution in [0.2, 0.25) is 0 Å². The molecule has 4 fully saturated rings. The summed E-state index contributed by atoms with van der Waals surface area (Å²) in [5, 5.41) is 13.3. The molecule has 0 aromatic carbocycles. The highest BCUT2D eigenvalue weighted by atomic mass is 15.2. The van der Waals surface area contributed by atoms with Crippen molar-refractivity contribution in [1.82, 2.24) is 10.2 Å². The van der Waals surface area contributed by atoms with E-state index in [0.29, 0.717) is 12.1 Å². The van der Waals surface area contributed by atoms with Gasteiger partial charge in [-0.3, -0.25) is 10.2 Å². The average Bonchev–Trinajstić information content (AvgIpc) is 3.26. The highest BCUT2D eigenvalue weighted by Crippen LogP contribution is 2.40. The summed E-state index contributed by atoms with van der Waals surface area (Å²) in [5.41, 5.74) is -0.197. The molecule has 3 heteroatoms. The van der Waals surface area contributed by atoms with Crippen LogP contribution in [0.5, 0.6) is 0 Å². The van der Waals surface area contributed by atoms with Gasteiger partial charge in [0.15, 0.2) is 0 Å². The minimum absolute atomic E-state index is 0.197. The summed E-state index contributed by atoms with van der Waals surface area (Å²) in [6.45, 7) is 2.62. The summed E-state index contributed by atoms with van der Waals surface area (Å²) < 4.78 is 0. The monoisotopic (exact) mass is 273 g/mol. The molecular weight excluding hydrogens is 246 g/mol. The number of nitrogens with zero attached hydrogens (tertiary/aromatic N) is 2. The van der Waals surface area contributed by atoms with Gasteiger partial charge in [0, 0.05) is 25.2 Å². The molecule has 4 aliphatic rings. The van der Waals surface area contributed by atoms with Crippen LogP contribution in [0.15, 0.2) is 0 Å². The predicted molar refractivity (Wildman–Crippen MR) is 79.2 cm³/mol. The Morgan fingerprint density at radius 1 is 1.00 bits per heavy atom. The van der Waals surface area contributed by atoms with Crippen LogP contribution in [-0.4, -0.2) is 35.6 Å². The molecule has 1 N–H and O–H groups in total. The van der Waals surface area contributed by atoms with Gasteiger partial charge >= 0.3 is 0 Å². The van der Waals surface area contributed by atoms with E-state index < -0.39 is 0 Å². The molecule has 0 heterocycles. The molecule has 110 valence electrons. The molecule has 0 aliphatic heterocycles. The second-order valence-electron chi connectivity index (χ2n) is 7.85. The van der Waals surface area contributed by atoms with Gasteiger partial charge in [0.1, 0.15) is 5.54 Å². The largest absolute Gasteiger partial charge is 0.300 e. The van der Waals surface area contributed by atoms with Gasteiger partial charge in [-0.1, -0.05) is 0 Å². The van der Waals surface area contributed by atoms with E-state index >= 15 is 0 Å². The summed E-state index contributed by atoms with van der Waals surface area (Å²) in [4.78, 5) is 2.77. The van der Waals surface area contributed by atoms with Crippen molar-refractivity contribution >= 4 is 0 Å². The number of nitriles is 1. The lowest BCUT2D eigenvalue weighted by atomic mass is 9.99. The van der Waals surface area contributed by atoms with Crippen LogP contribution in [0, 0.1) is 23.2 Å². The van der Waals surface area contributed by atoms with E-state index in [-0.39, 0.29) is 5.54 Å². The zero-order valence-corrected chi connectivity index (χ0v) is 12.5. The second-order valence-corrected chi connectivity index (χ2v) is 7.85. The Morgan fingerprint density at radius 3 is 2.15 bits per heavy atom. The SMILES string of the molecule is N#CC1(NC2CC2)CCC(N(CC2CC2)CC2CC2)C1. The molecule has 4 rings (SSSR count). The van der Waals surface area contributed by atoms with E-state index in [9.17, 15) is 5.26 Å². The van der Waals surface area contributed by atoms with E-state index in [4.69, 9.17) is 0 Å². The predicted octanol–water partition coefficient (Wildman–Crippen LogP) is 2.68. The Bertz CT molecular complexity index is 389. The normalized spacial score (nSPS) is 37.3. The van der Waals surface area contributed by atoms with Crippen LogP contribution in [-0.2, 0) is 0 Å². The van der Waals surface area contributed by atoms with Crippen LogP contribution >= 0.6 is 0 Å². The topological polar surface area (TPSA) is 39.1 Å². The lowest BCUT2D eigenvalue weighted by Crippen LogP contribution is -2.45. The van der Waals surface area contributed by atoms with Gasteiger partial charge in [-0.2, -0.15) is 5.26 Å². The van der Waals surface area contributed by atoms with E-state index in [1.54, 1.807) is 0 Å². The Labute approximate surface area is 122 Å². The van der Waals surface area contributed by atoms with Gasteiger partial charge in [0.25, 0.3) is 0 Å². The number of rotatable bonds is 7. The molecule has 0 amide bonds. The Hall–Kier alpha value is -0.590. The lowest BCUT2D eigenvalue weighted by Gasteiger charge is -2.30. The van der Waals surface area contributed by atoms with E-state index in [1.807, 2.05) is 0 Å². The van der Waals surface area contributed by atoms with Crippen molar-refractivity contribution in [2.75, 3.05) is 13.1 Å². The van der Waals surface area contributed by atoms with Crippen molar-refractivity contribution in [2.24, 2.45) is 11.8 Å². The minimum Gasteiger partial charge on any atom is -0.300 e. The van der Waals surface area contributed by atoms with Crippen molar-refractivity contribution in [3.63, 3.8) is 0 Å². The maximum Gasteiger partial charge on any atom is 0.108 e. The first kappa shape index (κ1) is 13.1. The maximum absolute atomic E-state index is 9.65. The molecule has 0 aromatic heterocycles. The van der Waals surface area contributed by atoms with Gasteiger partial charge in [0.05, 0.1) is 6.07 Å². The van der Waals surface area contributed by atoms with Gasteiger partial charge in [-0.05, 0) is 69.6 Å². The van der Waals surface area contributed by atoms with E-state index in [1.165, 1.54) is 58.0 Å². The molecule has 20 heavy (non-hydrogen) atoms. The third kappa shape index (κ3) is 3.02. The quantitative estimate of drug-likeness (QED) is 0.775. The van der Waals surface area contributed by atoms with Crippen molar-refractivity contribution < 1.29 is 0 Å². The van der Waals surface area contributed by atoms with Gasteiger partial charge in [0.2, 0.25) is 0 Å². The van der Waals surface area contributed by atoms with E-state index in [0.717, 1.165) is 24.7 Å². The molecule has 2 unspecified atom stereocenters. The molecule has 0 aromatic rings. The molecule has 2 atom stereocenters. The summed E-state index contributed by atoms with van der Waals surface area (Å²) >= 11 is 0. The molecular formula is C17H27N3. The first-order chi connectivity index (χ1) is 9.76. The molecule has 0 saturated heterocycles. The highest BCUT2D eigenvalue weighted by molar-refractivity contribution is 5.15. The second kappa shape index (κ2) is 5.00. The van der Waals surface area contributed by atoms with Gasteiger partial charge < -0.3 is 0 Å². The number of hydrogen-bond donors (Lipinski definition) is 1. The highest BCUT2D eigenvalue weighted by Gasteiger charge is 2.45. The molecule has 0 bridgehead atoms. The standard InChI is InChI=1S/C17H27N3/c18-12-17(19-15-5-6-15)8-7-16(9-17)20(10-13-1-2-13)11-14-3-4-14/h13-16,19H,1-11H2. The summed E-state index contributed by atoms with van der Waals surface area (Å²) in [6, 6.07) is 3.95. The lowest BCUT2D eigenvalue weighted by molar-refractivity contribution is 0.176. The summed E-state index contributed by atoms with van der Waals surface area (Å²) in [7, 11) is 0. The molecule has 0 spiro atoms. The molecule has 4 saturated carbocycles. The van der Waals surface area contributed by atoms with Crippen molar-refractivity contribution in [1.29, 1.82) is 5.26 Å². The Balaban J connectivity index is 1.39. The fraction of sp³-hybridized carbons (Fsp3) is 0.941. The summed E-state index contributed by atoms with van der Waals surface area (Å²) in [6.07, 6.45) is 11.7. The smallest absolute Gasteiger partial charge is 0.108 e. The number of hydrogen-bond acceptors (Lipinski definition) is 3. The van der Waals surface area contributed by atoms with E-state index in [2.05, 4.69) is 16.3 Å². The van der Waals surface area contributed by atoms with Gasteiger partial charge in [-0.25, -0.2) is 0 Å². The first-order valence-corrected chi connectivity index (χ1v) is 8.69. The molecule has 0 radical (unpaired) electrons. The zero-order chi connectivity index (χ0) is 13.6. The molecule has 3 nitrogen and oxygen atoms in total. The van der Waals surface area contributed by atoms with Crippen LogP contribution in [0.3, 0.4) is 0 Å². The fourth-order valence-electron chi connectivity index (χ4n) is 3.85. The zero-order valence-electron chi connectivity index (χ0n) is 12.5. The van der Waals surface area contributed by atoms with Crippen molar-refractivity contribution in [3.8, 4) is 6.07 Å². The Kier molecular flexibility index (Phi) is 3.27. The summed E-state index contributed by atoms with van der Waals surface area (Å²) in [5.74, 6) is 1.95. The third-order valence-corrected chi connectivity index (χ3v) is 5.66. The maximum atomic E-state index is 9.65. The Morgan fingerprint density at radius 2 is 1.65 bits per heavy atom. The van der Waals surface area contributed by atoms with Crippen LogP contribution < -0.4 is 5.32 Å². The van der Waals surface area contributed by atoms with Crippen molar-refractivity contribution in [3.05, 3.63) is 0 Å². The van der Waals surface area contributed by atoms with Gasteiger partial charge in [-0.15, -0.1) is 0 Å². The first-order valence-electron chi connectivity index (χ1n) is 8.69. The fourth-order valence-corrected chi connectivity index (χ4v) is 3.85. The number of nitrogens with one attached hydrogen (secondary N) is 1. The van der Waals surface area contributed by atoms with Crippen LogP contribution in [0.25, 0.3) is 0 Å². The third-order valence-electron chi connectivity index (χ3n) is 5.66. The van der Waals surface area contributed by atoms with Crippen LogP contribution in [0.4, 0.5) is 0 Å². The average molecular weight is 273 g/mol. The van der Waals surface area contributed by atoms with Crippen molar-refractivity contribution in [2.45, 2.75) is 75.4 Å².